The lowest BCUT2D eigenvalue weighted by Crippen LogP contribution is -2.15. The number of ether oxygens (including phenoxy) is 1. The topological polar surface area (TPSA) is 50.1 Å². The fourth-order valence-corrected chi connectivity index (χ4v) is 2.71. The Kier molecular flexibility index (Phi) is 3.59. The number of hydrogen-bond donors (Lipinski definition) is 0. The Labute approximate surface area is 88.1 Å². The molecule has 0 spiro atoms. The monoisotopic (exact) mass is 211 g/mol. The van der Waals surface area contributed by atoms with Gasteiger partial charge < -0.3 is 4.74 Å². The van der Waals surface area contributed by atoms with Gasteiger partial charge in [0, 0.05) is 4.75 Å². The highest BCUT2D eigenvalue weighted by atomic mass is 32.2. The molecule has 1 rings (SSSR count). The summed E-state index contributed by atoms with van der Waals surface area (Å²) in [6, 6.07) is 1.88. The smallest absolute Gasteiger partial charge is 0.348 e. The summed E-state index contributed by atoms with van der Waals surface area (Å²) in [6.45, 7) is 2.05. The minimum atomic E-state index is -0.541. The lowest BCUT2D eigenvalue weighted by molar-refractivity contribution is -0.135. The summed E-state index contributed by atoms with van der Waals surface area (Å²) in [5.41, 5.74) is 0.115. The van der Waals surface area contributed by atoms with E-state index in [-0.39, 0.29) is 10.3 Å². The fourth-order valence-electron chi connectivity index (χ4n) is 1.47. The van der Waals surface area contributed by atoms with Crippen LogP contribution < -0.4 is 0 Å². The summed E-state index contributed by atoms with van der Waals surface area (Å²) in [7, 11) is 1.29. The highest BCUT2D eigenvalue weighted by molar-refractivity contribution is 8.01. The predicted molar refractivity (Wildman–Crippen MR) is 55.8 cm³/mol. The van der Waals surface area contributed by atoms with E-state index in [1.54, 1.807) is 17.8 Å². The molecule has 14 heavy (non-hydrogen) atoms. The van der Waals surface area contributed by atoms with Gasteiger partial charge in [-0.25, -0.2) is 4.79 Å². The third-order valence-corrected chi connectivity index (χ3v) is 3.70. The maximum Gasteiger partial charge on any atom is 0.348 e. The van der Waals surface area contributed by atoms with Crippen LogP contribution in [-0.2, 0) is 9.53 Å². The largest absolute Gasteiger partial charge is 0.465 e. The van der Waals surface area contributed by atoms with E-state index in [1.807, 2.05) is 13.0 Å². The van der Waals surface area contributed by atoms with Gasteiger partial charge in [-0.15, -0.1) is 0 Å². The number of nitriles is 1. The fraction of sp³-hybridized carbons (Fsp3) is 0.600. The van der Waals surface area contributed by atoms with Crippen molar-refractivity contribution in [3.05, 3.63) is 11.6 Å². The highest BCUT2D eigenvalue weighted by Gasteiger charge is 2.29. The number of thioether (sulfide) groups is 1. The summed E-state index contributed by atoms with van der Waals surface area (Å²) in [5, 5.41) is 8.77. The SMILES string of the molecule is COC(=O)/C(C#N)=C/C1(C)CCCS1. The number of carbonyl (C=O) groups is 1. The van der Waals surface area contributed by atoms with E-state index in [0.29, 0.717) is 0 Å². The average molecular weight is 211 g/mol. The Morgan fingerprint density at radius 2 is 2.43 bits per heavy atom. The summed E-state index contributed by atoms with van der Waals surface area (Å²) >= 11 is 1.78. The van der Waals surface area contributed by atoms with Gasteiger partial charge in [0.2, 0.25) is 0 Å². The minimum absolute atomic E-state index is 0.0702. The van der Waals surface area contributed by atoms with Crippen LogP contribution in [0, 0.1) is 11.3 Å². The van der Waals surface area contributed by atoms with Crippen molar-refractivity contribution >= 4 is 17.7 Å². The van der Waals surface area contributed by atoms with Gasteiger partial charge in [-0.2, -0.15) is 17.0 Å². The molecule has 0 aliphatic carbocycles. The van der Waals surface area contributed by atoms with Crippen molar-refractivity contribution in [2.24, 2.45) is 0 Å². The second kappa shape index (κ2) is 4.52. The molecule has 0 aromatic carbocycles. The van der Waals surface area contributed by atoms with Crippen LogP contribution in [0.3, 0.4) is 0 Å². The lowest BCUT2D eigenvalue weighted by atomic mass is 10.0. The molecule has 0 aromatic rings. The predicted octanol–water partition coefficient (Wildman–Crippen LogP) is 1.90. The third-order valence-electron chi connectivity index (χ3n) is 2.22. The lowest BCUT2D eigenvalue weighted by Gasteiger charge is -2.17. The van der Waals surface area contributed by atoms with Crippen LogP contribution in [0.1, 0.15) is 19.8 Å². The average Bonchev–Trinajstić information content (AvgIpc) is 2.61. The molecule has 76 valence electrons. The van der Waals surface area contributed by atoms with Gasteiger partial charge in [0.1, 0.15) is 11.6 Å². The molecule has 0 aromatic heterocycles. The van der Waals surface area contributed by atoms with Crippen molar-refractivity contribution in [2.75, 3.05) is 12.9 Å². The van der Waals surface area contributed by atoms with E-state index in [0.717, 1.165) is 18.6 Å². The van der Waals surface area contributed by atoms with Gasteiger partial charge in [-0.05, 0) is 31.6 Å². The van der Waals surface area contributed by atoms with E-state index >= 15 is 0 Å². The standard InChI is InChI=1S/C10H13NO2S/c1-10(4-3-5-14-10)6-8(7-11)9(12)13-2/h6H,3-5H2,1-2H3/b8-6+. The Hall–Kier alpha value is -0.950. The van der Waals surface area contributed by atoms with Crippen molar-refractivity contribution in [1.82, 2.24) is 0 Å². The van der Waals surface area contributed by atoms with E-state index < -0.39 is 5.97 Å². The van der Waals surface area contributed by atoms with E-state index in [4.69, 9.17) is 5.26 Å². The number of rotatable bonds is 2. The van der Waals surface area contributed by atoms with Gasteiger partial charge in [-0.3, -0.25) is 0 Å². The Balaban J connectivity index is 2.83. The number of nitrogens with zero attached hydrogens (tertiary/aromatic N) is 1. The van der Waals surface area contributed by atoms with Crippen LogP contribution in [0.25, 0.3) is 0 Å². The first-order chi connectivity index (χ1) is 6.61. The van der Waals surface area contributed by atoms with Gasteiger partial charge >= 0.3 is 5.97 Å². The van der Waals surface area contributed by atoms with Crippen LogP contribution in [0.5, 0.6) is 0 Å². The van der Waals surface area contributed by atoms with E-state index in [1.165, 1.54) is 7.11 Å². The van der Waals surface area contributed by atoms with E-state index in [9.17, 15) is 4.79 Å². The second-order valence-corrected chi connectivity index (χ2v) is 5.06. The summed E-state index contributed by atoms with van der Waals surface area (Å²) in [5.74, 6) is 0.550. The number of carbonyl (C=O) groups excluding carboxylic acids is 1. The molecule has 1 aliphatic heterocycles. The first kappa shape index (κ1) is 11.1. The molecule has 1 heterocycles. The second-order valence-electron chi connectivity index (χ2n) is 3.43. The maximum absolute atomic E-state index is 11.2. The van der Waals surface area contributed by atoms with Crippen molar-refractivity contribution in [3.63, 3.8) is 0 Å². The molecule has 1 atom stereocenters. The minimum Gasteiger partial charge on any atom is -0.465 e. The van der Waals surface area contributed by atoms with Crippen molar-refractivity contribution in [1.29, 1.82) is 5.26 Å². The molecule has 0 bridgehead atoms. The van der Waals surface area contributed by atoms with Crippen molar-refractivity contribution in [3.8, 4) is 6.07 Å². The zero-order valence-electron chi connectivity index (χ0n) is 8.37. The first-order valence-electron chi connectivity index (χ1n) is 4.46. The molecule has 0 N–H and O–H groups in total. The van der Waals surface area contributed by atoms with Crippen LogP contribution in [0.2, 0.25) is 0 Å². The summed E-state index contributed by atoms with van der Waals surface area (Å²) in [4.78, 5) is 11.2. The summed E-state index contributed by atoms with van der Waals surface area (Å²) < 4.78 is 4.45. The van der Waals surface area contributed by atoms with Gasteiger partial charge in [0.25, 0.3) is 0 Å². The van der Waals surface area contributed by atoms with Crippen LogP contribution in [0.15, 0.2) is 11.6 Å². The molecule has 0 saturated carbocycles. The molecule has 1 unspecified atom stereocenters. The molecule has 1 aliphatic rings. The molecule has 4 heteroatoms. The quantitative estimate of drug-likeness (QED) is 0.397. The van der Waals surface area contributed by atoms with Gasteiger partial charge in [0.05, 0.1) is 7.11 Å². The van der Waals surface area contributed by atoms with Crippen LogP contribution >= 0.6 is 11.8 Å². The van der Waals surface area contributed by atoms with Crippen molar-refractivity contribution in [2.45, 2.75) is 24.5 Å². The molecule has 3 nitrogen and oxygen atoms in total. The highest BCUT2D eigenvalue weighted by Crippen LogP contribution is 2.39. The Morgan fingerprint density at radius 3 is 2.86 bits per heavy atom. The zero-order chi connectivity index (χ0) is 10.6. The Morgan fingerprint density at radius 1 is 1.71 bits per heavy atom. The molecular formula is C10H13NO2S. The molecular weight excluding hydrogens is 198 g/mol. The molecule has 0 radical (unpaired) electrons. The van der Waals surface area contributed by atoms with E-state index in [2.05, 4.69) is 4.74 Å². The Bertz CT molecular complexity index is 298. The molecule has 1 saturated heterocycles. The first-order valence-corrected chi connectivity index (χ1v) is 5.45. The third kappa shape index (κ3) is 2.52. The molecule has 0 amide bonds. The summed E-state index contributed by atoms with van der Waals surface area (Å²) in [6.07, 6.45) is 3.88. The maximum atomic E-state index is 11.2. The van der Waals surface area contributed by atoms with Crippen LogP contribution in [-0.4, -0.2) is 23.6 Å². The number of hydrogen-bond acceptors (Lipinski definition) is 4. The molecule has 1 fully saturated rings. The van der Waals surface area contributed by atoms with Crippen LogP contribution in [0.4, 0.5) is 0 Å². The zero-order valence-corrected chi connectivity index (χ0v) is 9.19. The normalized spacial score (nSPS) is 27.1. The number of esters is 1. The van der Waals surface area contributed by atoms with Gasteiger partial charge in [0.15, 0.2) is 0 Å². The van der Waals surface area contributed by atoms with Gasteiger partial charge in [-0.1, -0.05) is 0 Å². The number of methoxy groups -OCH3 is 1. The van der Waals surface area contributed by atoms with Crippen molar-refractivity contribution < 1.29 is 9.53 Å².